The number of rotatable bonds is 5. The number of carbonyl (C=O) groups is 1. The zero-order valence-corrected chi connectivity index (χ0v) is 8.80. The highest BCUT2D eigenvalue weighted by Gasteiger charge is 2.04. The molecular weight excluding hydrogens is 184 g/mol. The zero-order chi connectivity index (χ0) is 9.68. The van der Waals surface area contributed by atoms with Crippen molar-refractivity contribution in [1.29, 1.82) is 0 Å². The van der Waals surface area contributed by atoms with E-state index < -0.39 is 0 Å². The van der Waals surface area contributed by atoms with Gasteiger partial charge < -0.3 is 9.69 Å². The van der Waals surface area contributed by atoms with Gasteiger partial charge in [-0.15, -0.1) is 11.3 Å². The van der Waals surface area contributed by atoms with Gasteiger partial charge in [-0.25, -0.2) is 4.98 Å². The van der Waals surface area contributed by atoms with Gasteiger partial charge >= 0.3 is 0 Å². The maximum absolute atomic E-state index is 10.1. The summed E-state index contributed by atoms with van der Waals surface area (Å²) in [5.41, 5.74) is 2.96. The Morgan fingerprint density at radius 2 is 2.46 bits per heavy atom. The van der Waals surface area contributed by atoms with E-state index in [1.165, 1.54) is 4.88 Å². The Hall–Kier alpha value is -0.740. The molecule has 0 aliphatic heterocycles. The summed E-state index contributed by atoms with van der Waals surface area (Å²) in [5.74, 6) is 0. The Kier molecular flexibility index (Phi) is 4.05. The van der Waals surface area contributed by atoms with Crippen LogP contribution in [0.15, 0.2) is 5.51 Å². The highest BCUT2D eigenvalue weighted by atomic mass is 32.1. The molecule has 0 spiro atoms. The molecule has 0 saturated carbocycles. The van der Waals surface area contributed by atoms with Crippen LogP contribution in [-0.4, -0.2) is 29.8 Å². The Morgan fingerprint density at radius 1 is 1.69 bits per heavy atom. The largest absolute Gasteiger partial charge is 0.303 e. The monoisotopic (exact) mass is 198 g/mol. The molecule has 0 aliphatic rings. The number of nitrogens with zero attached hydrogens (tertiary/aromatic N) is 2. The minimum absolute atomic E-state index is 0.606. The van der Waals surface area contributed by atoms with Gasteiger partial charge in [0.1, 0.15) is 6.29 Å². The molecule has 1 aromatic rings. The normalized spacial score (nSPS) is 10.7. The first-order valence-corrected chi connectivity index (χ1v) is 5.13. The summed E-state index contributed by atoms with van der Waals surface area (Å²) in [6, 6.07) is 0. The minimum Gasteiger partial charge on any atom is -0.303 e. The quantitative estimate of drug-likeness (QED) is 0.672. The molecule has 72 valence electrons. The Morgan fingerprint density at radius 3 is 3.00 bits per heavy atom. The molecule has 1 rings (SSSR count). The maximum atomic E-state index is 10.1. The molecule has 0 fully saturated rings. The molecule has 0 aromatic carbocycles. The molecule has 0 unspecified atom stereocenters. The fraction of sp³-hybridized carbons (Fsp3) is 0.556. The predicted octanol–water partition coefficient (Wildman–Crippen LogP) is 1.47. The van der Waals surface area contributed by atoms with E-state index >= 15 is 0 Å². The summed E-state index contributed by atoms with van der Waals surface area (Å²) in [6.45, 7) is 3.73. The fourth-order valence-electron chi connectivity index (χ4n) is 1.08. The van der Waals surface area contributed by atoms with Crippen LogP contribution >= 0.6 is 11.3 Å². The number of hydrogen-bond acceptors (Lipinski definition) is 4. The van der Waals surface area contributed by atoms with Crippen LogP contribution in [0, 0.1) is 6.92 Å². The summed E-state index contributed by atoms with van der Waals surface area (Å²) in [6.07, 6.45) is 1.56. The molecule has 1 aromatic heterocycles. The maximum Gasteiger partial charge on any atom is 0.121 e. The molecule has 0 N–H and O–H groups in total. The Bertz CT molecular complexity index is 272. The molecule has 0 radical (unpaired) electrons. The van der Waals surface area contributed by atoms with E-state index in [0.717, 1.165) is 25.1 Å². The minimum atomic E-state index is 0.606. The highest BCUT2D eigenvalue weighted by Crippen LogP contribution is 2.13. The SMILES string of the molecule is Cc1ncsc1CN(C)CCC=O. The molecule has 1 heterocycles. The molecule has 0 atom stereocenters. The van der Waals surface area contributed by atoms with Crippen LogP contribution in [0.25, 0.3) is 0 Å². The third kappa shape index (κ3) is 3.24. The summed E-state index contributed by atoms with van der Waals surface area (Å²) >= 11 is 1.67. The third-order valence-corrected chi connectivity index (χ3v) is 2.81. The van der Waals surface area contributed by atoms with E-state index in [-0.39, 0.29) is 0 Å². The summed E-state index contributed by atoms with van der Waals surface area (Å²) in [5, 5.41) is 0. The first kappa shape index (κ1) is 10.3. The molecule has 0 bridgehead atoms. The number of aryl methyl sites for hydroxylation is 1. The van der Waals surface area contributed by atoms with Crippen molar-refractivity contribution in [3.05, 3.63) is 16.1 Å². The van der Waals surface area contributed by atoms with E-state index in [9.17, 15) is 4.79 Å². The molecular formula is C9H14N2OS. The smallest absolute Gasteiger partial charge is 0.121 e. The van der Waals surface area contributed by atoms with E-state index in [0.29, 0.717) is 6.42 Å². The molecule has 0 saturated heterocycles. The van der Waals surface area contributed by atoms with Gasteiger partial charge in [0.15, 0.2) is 0 Å². The van der Waals surface area contributed by atoms with Gasteiger partial charge in [0, 0.05) is 24.4 Å². The number of carbonyl (C=O) groups excluding carboxylic acids is 1. The van der Waals surface area contributed by atoms with Crippen molar-refractivity contribution in [2.75, 3.05) is 13.6 Å². The number of thiazole rings is 1. The van der Waals surface area contributed by atoms with Crippen molar-refractivity contribution in [2.24, 2.45) is 0 Å². The standard InChI is InChI=1S/C9H14N2OS/c1-8-9(13-7-10-8)6-11(2)4-3-5-12/h5,7H,3-4,6H2,1-2H3. The second kappa shape index (κ2) is 5.09. The molecule has 0 amide bonds. The summed E-state index contributed by atoms with van der Waals surface area (Å²) in [7, 11) is 2.02. The van der Waals surface area contributed by atoms with Gasteiger partial charge in [-0.1, -0.05) is 0 Å². The molecule has 0 aliphatic carbocycles. The summed E-state index contributed by atoms with van der Waals surface area (Å²) < 4.78 is 0. The lowest BCUT2D eigenvalue weighted by Crippen LogP contribution is -2.19. The average Bonchev–Trinajstić information content (AvgIpc) is 2.48. The van der Waals surface area contributed by atoms with E-state index in [2.05, 4.69) is 9.88 Å². The number of aldehydes is 1. The van der Waals surface area contributed by atoms with Gasteiger partial charge in [0.25, 0.3) is 0 Å². The van der Waals surface area contributed by atoms with Crippen LogP contribution in [0.1, 0.15) is 17.0 Å². The number of hydrogen-bond donors (Lipinski definition) is 0. The Labute approximate surface area is 82.4 Å². The molecule has 13 heavy (non-hydrogen) atoms. The van der Waals surface area contributed by atoms with Crippen molar-refractivity contribution in [3.63, 3.8) is 0 Å². The lowest BCUT2D eigenvalue weighted by Gasteiger charge is -2.13. The van der Waals surface area contributed by atoms with Crippen molar-refractivity contribution in [3.8, 4) is 0 Å². The number of aromatic nitrogens is 1. The van der Waals surface area contributed by atoms with Crippen LogP contribution in [-0.2, 0) is 11.3 Å². The van der Waals surface area contributed by atoms with Gasteiger partial charge in [-0.05, 0) is 14.0 Å². The lowest BCUT2D eigenvalue weighted by atomic mass is 10.3. The van der Waals surface area contributed by atoms with E-state index in [1.807, 2.05) is 19.5 Å². The second-order valence-electron chi connectivity index (χ2n) is 3.05. The third-order valence-electron chi connectivity index (χ3n) is 1.89. The Balaban J connectivity index is 2.40. The van der Waals surface area contributed by atoms with Crippen LogP contribution in [0.2, 0.25) is 0 Å². The van der Waals surface area contributed by atoms with E-state index in [4.69, 9.17) is 0 Å². The van der Waals surface area contributed by atoms with Gasteiger partial charge in [0.2, 0.25) is 0 Å². The molecule has 3 nitrogen and oxygen atoms in total. The van der Waals surface area contributed by atoms with Gasteiger partial charge in [-0.3, -0.25) is 0 Å². The first-order valence-electron chi connectivity index (χ1n) is 4.25. The van der Waals surface area contributed by atoms with Crippen molar-refractivity contribution in [2.45, 2.75) is 19.9 Å². The van der Waals surface area contributed by atoms with Crippen LogP contribution in [0.3, 0.4) is 0 Å². The average molecular weight is 198 g/mol. The molecule has 4 heteroatoms. The first-order chi connectivity index (χ1) is 6.24. The highest BCUT2D eigenvalue weighted by molar-refractivity contribution is 7.09. The topological polar surface area (TPSA) is 33.2 Å². The lowest BCUT2D eigenvalue weighted by molar-refractivity contribution is -0.108. The van der Waals surface area contributed by atoms with Crippen LogP contribution in [0.4, 0.5) is 0 Å². The fourth-order valence-corrected chi connectivity index (χ4v) is 1.93. The van der Waals surface area contributed by atoms with Crippen molar-refractivity contribution >= 4 is 17.6 Å². The van der Waals surface area contributed by atoms with E-state index in [1.54, 1.807) is 11.3 Å². The second-order valence-corrected chi connectivity index (χ2v) is 3.99. The van der Waals surface area contributed by atoms with Crippen LogP contribution in [0.5, 0.6) is 0 Å². The summed E-state index contributed by atoms with van der Waals surface area (Å²) in [4.78, 5) is 17.7. The van der Waals surface area contributed by atoms with Crippen LogP contribution < -0.4 is 0 Å². The van der Waals surface area contributed by atoms with Crippen molar-refractivity contribution in [1.82, 2.24) is 9.88 Å². The predicted molar refractivity (Wildman–Crippen MR) is 53.9 cm³/mol. The van der Waals surface area contributed by atoms with Crippen molar-refractivity contribution < 1.29 is 4.79 Å². The van der Waals surface area contributed by atoms with Gasteiger partial charge in [-0.2, -0.15) is 0 Å². The zero-order valence-electron chi connectivity index (χ0n) is 7.99. The van der Waals surface area contributed by atoms with Gasteiger partial charge in [0.05, 0.1) is 11.2 Å².